The van der Waals surface area contributed by atoms with Gasteiger partial charge in [0.15, 0.2) is 0 Å². The fourth-order valence-corrected chi connectivity index (χ4v) is 2.87. The van der Waals surface area contributed by atoms with Gasteiger partial charge in [-0.3, -0.25) is 0 Å². The summed E-state index contributed by atoms with van der Waals surface area (Å²) < 4.78 is 5.63. The molecule has 0 aliphatic rings. The number of hydrogen-bond acceptors (Lipinski definition) is 3. The molecule has 0 amide bonds. The van der Waals surface area contributed by atoms with Gasteiger partial charge in [0.1, 0.15) is 5.75 Å². The number of carboxylic acids is 1. The Balaban J connectivity index is 1.85. The van der Waals surface area contributed by atoms with Crippen molar-refractivity contribution in [2.45, 2.75) is 77.0 Å². The molecule has 0 aliphatic carbocycles. The highest BCUT2D eigenvalue weighted by molar-refractivity contribution is 5.87. The molecule has 4 heteroatoms. The molecule has 0 heterocycles. The summed E-state index contributed by atoms with van der Waals surface area (Å²) in [5.41, 5.74) is 0.289. The molecule has 1 aromatic rings. The lowest BCUT2D eigenvalue weighted by atomic mass is 10.1. The van der Waals surface area contributed by atoms with E-state index in [9.17, 15) is 4.79 Å². The van der Waals surface area contributed by atoms with Crippen molar-refractivity contribution in [3.63, 3.8) is 0 Å². The summed E-state index contributed by atoms with van der Waals surface area (Å²) in [5.74, 6) is -0.169. The van der Waals surface area contributed by atoms with Crippen molar-refractivity contribution in [1.82, 2.24) is 0 Å². The summed E-state index contributed by atoms with van der Waals surface area (Å²) in [5, 5.41) is 17.5. The van der Waals surface area contributed by atoms with E-state index in [4.69, 9.17) is 14.9 Å². The maximum atomic E-state index is 10.8. The number of aromatic carboxylic acids is 1. The van der Waals surface area contributed by atoms with Crippen molar-refractivity contribution in [2.75, 3.05) is 13.2 Å². The molecule has 0 atom stereocenters. The number of aliphatic hydroxyl groups excluding tert-OH is 1. The van der Waals surface area contributed by atoms with E-state index < -0.39 is 5.97 Å². The van der Waals surface area contributed by atoms with Gasteiger partial charge in [0, 0.05) is 6.61 Å². The first-order chi connectivity index (χ1) is 12.2. The SMILES string of the molecule is O=C(O)c1ccc(OCCCCCCCCCCCCCCO)cc1. The van der Waals surface area contributed by atoms with Gasteiger partial charge in [0.25, 0.3) is 0 Å². The van der Waals surface area contributed by atoms with Crippen LogP contribution in [0.2, 0.25) is 0 Å². The van der Waals surface area contributed by atoms with E-state index in [-0.39, 0.29) is 5.56 Å². The highest BCUT2D eigenvalue weighted by Gasteiger charge is 2.02. The lowest BCUT2D eigenvalue weighted by molar-refractivity contribution is 0.0697. The molecule has 0 unspecified atom stereocenters. The lowest BCUT2D eigenvalue weighted by Crippen LogP contribution is -1.99. The average molecular weight is 350 g/mol. The summed E-state index contributed by atoms with van der Waals surface area (Å²) in [6.45, 7) is 1.03. The Morgan fingerprint density at radius 3 is 1.60 bits per heavy atom. The van der Waals surface area contributed by atoms with Crippen LogP contribution in [0.5, 0.6) is 5.75 Å². The Morgan fingerprint density at radius 1 is 0.720 bits per heavy atom. The van der Waals surface area contributed by atoms with E-state index in [1.165, 1.54) is 64.2 Å². The Kier molecular flexibility index (Phi) is 12.7. The fraction of sp³-hybridized carbons (Fsp3) is 0.667. The van der Waals surface area contributed by atoms with Crippen LogP contribution in [0, 0.1) is 0 Å². The summed E-state index contributed by atoms with van der Waals surface area (Å²) in [4.78, 5) is 10.8. The lowest BCUT2D eigenvalue weighted by Gasteiger charge is -2.06. The molecule has 4 nitrogen and oxygen atoms in total. The molecule has 0 saturated heterocycles. The molecule has 25 heavy (non-hydrogen) atoms. The van der Waals surface area contributed by atoms with E-state index in [0.717, 1.165) is 18.6 Å². The van der Waals surface area contributed by atoms with E-state index in [2.05, 4.69) is 0 Å². The van der Waals surface area contributed by atoms with Gasteiger partial charge in [-0.2, -0.15) is 0 Å². The smallest absolute Gasteiger partial charge is 0.335 e. The molecule has 0 spiro atoms. The van der Waals surface area contributed by atoms with Gasteiger partial charge in [-0.15, -0.1) is 0 Å². The minimum Gasteiger partial charge on any atom is -0.494 e. The second-order valence-electron chi connectivity index (χ2n) is 6.64. The predicted octanol–water partition coefficient (Wildman–Crippen LogP) is 5.44. The van der Waals surface area contributed by atoms with Crippen LogP contribution in [0.25, 0.3) is 0 Å². The summed E-state index contributed by atoms with van der Waals surface area (Å²) in [7, 11) is 0. The molecule has 1 aromatic carbocycles. The monoisotopic (exact) mass is 350 g/mol. The highest BCUT2D eigenvalue weighted by Crippen LogP contribution is 2.14. The van der Waals surface area contributed by atoms with Crippen LogP contribution in [0.15, 0.2) is 24.3 Å². The van der Waals surface area contributed by atoms with Crippen LogP contribution in [-0.4, -0.2) is 29.4 Å². The molecule has 0 bridgehead atoms. The second-order valence-corrected chi connectivity index (χ2v) is 6.64. The Hall–Kier alpha value is -1.55. The minimum atomic E-state index is -0.909. The van der Waals surface area contributed by atoms with Gasteiger partial charge < -0.3 is 14.9 Å². The number of carboxylic acid groups (broad SMARTS) is 1. The Bertz CT molecular complexity index is 442. The molecular formula is C21H34O4. The van der Waals surface area contributed by atoms with Crippen molar-refractivity contribution < 1.29 is 19.7 Å². The molecule has 0 aliphatic heterocycles. The predicted molar refractivity (Wildman–Crippen MR) is 101 cm³/mol. The van der Waals surface area contributed by atoms with Gasteiger partial charge in [0.2, 0.25) is 0 Å². The third-order valence-corrected chi connectivity index (χ3v) is 4.42. The molecule has 1 rings (SSSR count). The van der Waals surface area contributed by atoms with Crippen LogP contribution in [0.3, 0.4) is 0 Å². The normalized spacial score (nSPS) is 10.8. The summed E-state index contributed by atoms with van der Waals surface area (Å²) in [6.07, 6.45) is 14.8. The first kappa shape index (κ1) is 21.5. The molecular weight excluding hydrogens is 316 g/mol. The van der Waals surface area contributed by atoms with Crippen molar-refractivity contribution in [2.24, 2.45) is 0 Å². The van der Waals surface area contributed by atoms with Gasteiger partial charge in [0.05, 0.1) is 12.2 Å². The topological polar surface area (TPSA) is 66.8 Å². The molecule has 142 valence electrons. The van der Waals surface area contributed by atoms with Crippen LogP contribution in [-0.2, 0) is 0 Å². The second kappa shape index (κ2) is 14.8. The number of benzene rings is 1. The minimum absolute atomic E-state index is 0.289. The number of carbonyl (C=O) groups is 1. The van der Waals surface area contributed by atoms with Crippen molar-refractivity contribution in [3.8, 4) is 5.75 Å². The third kappa shape index (κ3) is 11.6. The fourth-order valence-electron chi connectivity index (χ4n) is 2.87. The van der Waals surface area contributed by atoms with Gasteiger partial charge in [-0.05, 0) is 37.1 Å². The van der Waals surface area contributed by atoms with Gasteiger partial charge >= 0.3 is 5.97 Å². The van der Waals surface area contributed by atoms with E-state index in [1.807, 2.05) is 0 Å². The van der Waals surface area contributed by atoms with Crippen molar-refractivity contribution in [3.05, 3.63) is 29.8 Å². The Labute approximate surface area is 152 Å². The van der Waals surface area contributed by atoms with Crippen LogP contribution < -0.4 is 4.74 Å². The zero-order valence-corrected chi connectivity index (χ0v) is 15.4. The van der Waals surface area contributed by atoms with Crippen LogP contribution in [0.1, 0.15) is 87.4 Å². The number of ether oxygens (including phenoxy) is 1. The maximum Gasteiger partial charge on any atom is 0.335 e. The van der Waals surface area contributed by atoms with E-state index >= 15 is 0 Å². The molecule has 0 radical (unpaired) electrons. The van der Waals surface area contributed by atoms with Gasteiger partial charge in [-0.1, -0.05) is 64.2 Å². The van der Waals surface area contributed by atoms with E-state index in [1.54, 1.807) is 24.3 Å². The third-order valence-electron chi connectivity index (χ3n) is 4.42. The van der Waals surface area contributed by atoms with Crippen LogP contribution >= 0.6 is 0 Å². The molecule has 2 N–H and O–H groups in total. The molecule has 0 saturated carbocycles. The number of rotatable bonds is 16. The highest BCUT2D eigenvalue weighted by atomic mass is 16.5. The average Bonchev–Trinajstić information content (AvgIpc) is 2.62. The molecule has 0 aromatic heterocycles. The molecule has 0 fully saturated rings. The standard InChI is InChI=1S/C21H34O4/c22-17-11-9-7-5-3-1-2-4-6-8-10-12-18-25-20-15-13-19(14-16-20)21(23)24/h13-16,22H,1-12,17-18H2,(H,23,24). The zero-order chi connectivity index (χ0) is 18.2. The van der Waals surface area contributed by atoms with Crippen LogP contribution in [0.4, 0.5) is 0 Å². The largest absolute Gasteiger partial charge is 0.494 e. The van der Waals surface area contributed by atoms with Gasteiger partial charge in [-0.25, -0.2) is 4.79 Å². The maximum absolute atomic E-state index is 10.8. The van der Waals surface area contributed by atoms with E-state index in [0.29, 0.717) is 13.2 Å². The summed E-state index contributed by atoms with van der Waals surface area (Å²) in [6, 6.07) is 6.58. The zero-order valence-electron chi connectivity index (χ0n) is 15.4. The Morgan fingerprint density at radius 2 is 1.16 bits per heavy atom. The van der Waals surface area contributed by atoms with Crippen molar-refractivity contribution in [1.29, 1.82) is 0 Å². The number of unbranched alkanes of at least 4 members (excludes halogenated alkanes) is 11. The number of hydrogen-bond donors (Lipinski definition) is 2. The quantitative estimate of drug-likeness (QED) is 0.390. The first-order valence-corrected chi connectivity index (χ1v) is 9.81. The first-order valence-electron chi connectivity index (χ1n) is 9.81. The number of aliphatic hydroxyl groups is 1. The summed E-state index contributed by atoms with van der Waals surface area (Å²) >= 11 is 0. The van der Waals surface area contributed by atoms with Crippen molar-refractivity contribution >= 4 is 5.97 Å².